The number of carbonyl (C=O) groups excluding carboxylic acids is 1. The van der Waals surface area contributed by atoms with E-state index in [0.717, 1.165) is 34.8 Å². The standard InChI is InChI=1S/C19H19N5O/c1-12-20-9-14(10-21-12)13-4-5-16-17(8-13)24(18(25)19(16,2)3)15-6-7-22-23-11-15/h4,6-11,16H,5H2,1-3H3. The van der Waals surface area contributed by atoms with Crippen LogP contribution < -0.4 is 4.90 Å². The van der Waals surface area contributed by atoms with Crippen LogP contribution in [0.15, 0.2) is 48.7 Å². The first-order valence-electron chi connectivity index (χ1n) is 8.30. The van der Waals surface area contributed by atoms with Gasteiger partial charge in [-0.05, 0) is 31.1 Å². The second-order valence-electron chi connectivity index (χ2n) is 7.00. The van der Waals surface area contributed by atoms with Gasteiger partial charge in [0, 0.05) is 29.6 Å². The van der Waals surface area contributed by atoms with Crippen molar-refractivity contribution in [1.29, 1.82) is 0 Å². The summed E-state index contributed by atoms with van der Waals surface area (Å²) in [4.78, 5) is 23.4. The van der Waals surface area contributed by atoms with Crippen LogP contribution in [0.3, 0.4) is 0 Å². The van der Waals surface area contributed by atoms with Crippen molar-refractivity contribution in [2.24, 2.45) is 11.3 Å². The van der Waals surface area contributed by atoms with E-state index in [-0.39, 0.29) is 11.8 Å². The fourth-order valence-corrected chi connectivity index (χ4v) is 3.55. The third-order valence-electron chi connectivity index (χ3n) is 5.06. The zero-order chi connectivity index (χ0) is 17.6. The molecule has 1 saturated heterocycles. The van der Waals surface area contributed by atoms with E-state index in [4.69, 9.17) is 0 Å². The number of hydrogen-bond donors (Lipinski definition) is 0. The van der Waals surface area contributed by atoms with E-state index in [9.17, 15) is 4.79 Å². The first-order valence-corrected chi connectivity index (χ1v) is 8.30. The Labute approximate surface area is 146 Å². The lowest BCUT2D eigenvalue weighted by Crippen LogP contribution is -2.31. The van der Waals surface area contributed by atoms with Gasteiger partial charge in [0.2, 0.25) is 5.91 Å². The van der Waals surface area contributed by atoms with Crippen LogP contribution in [0, 0.1) is 18.3 Å². The lowest BCUT2D eigenvalue weighted by atomic mass is 9.75. The molecule has 2 aromatic rings. The summed E-state index contributed by atoms with van der Waals surface area (Å²) in [5, 5.41) is 7.75. The minimum Gasteiger partial charge on any atom is -0.282 e. The van der Waals surface area contributed by atoms with Crippen LogP contribution in [0.4, 0.5) is 5.69 Å². The third kappa shape index (κ3) is 2.45. The fraction of sp³-hybridized carbons (Fsp3) is 0.316. The van der Waals surface area contributed by atoms with E-state index in [1.807, 2.05) is 39.2 Å². The second kappa shape index (κ2) is 5.58. The quantitative estimate of drug-likeness (QED) is 0.845. The maximum atomic E-state index is 13.1. The van der Waals surface area contributed by atoms with Gasteiger partial charge in [0.05, 0.1) is 23.5 Å². The number of aromatic nitrogens is 4. The van der Waals surface area contributed by atoms with Crippen molar-refractivity contribution in [3.8, 4) is 0 Å². The van der Waals surface area contributed by atoms with Crippen molar-refractivity contribution < 1.29 is 4.79 Å². The van der Waals surface area contributed by atoms with Crippen LogP contribution in [0.2, 0.25) is 0 Å². The van der Waals surface area contributed by atoms with Crippen LogP contribution in [0.25, 0.3) is 5.57 Å². The molecule has 3 heterocycles. The van der Waals surface area contributed by atoms with Crippen LogP contribution in [0.1, 0.15) is 31.7 Å². The average molecular weight is 333 g/mol. The van der Waals surface area contributed by atoms with Crippen LogP contribution in [-0.4, -0.2) is 26.1 Å². The summed E-state index contributed by atoms with van der Waals surface area (Å²) in [5.41, 5.74) is 3.30. The highest BCUT2D eigenvalue weighted by Crippen LogP contribution is 2.50. The third-order valence-corrected chi connectivity index (χ3v) is 5.06. The van der Waals surface area contributed by atoms with E-state index >= 15 is 0 Å². The molecule has 1 fully saturated rings. The summed E-state index contributed by atoms with van der Waals surface area (Å²) in [5.74, 6) is 0.974. The molecule has 4 rings (SSSR count). The van der Waals surface area contributed by atoms with Crippen molar-refractivity contribution in [2.45, 2.75) is 27.2 Å². The Kier molecular flexibility index (Phi) is 3.49. The van der Waals surface area contributed by atoms with Gasteiger partial charge in [-0.1, -0.05) is 19.9 Å². The van der Waals surface area contributed by atoms with Crippen molar-refractivity contribution in [1.82, 2.24) is 20.2 Å². The van der Waals surface area contributed by atoms with Gasteiger partial charge in [-0.15, -0.1) is 0 Å². The van der Waals surface area contributed by atoms with Crippen LogP contribution >= 0.6 is 0 Å². The highest BCUT2D eigenvalue weighted by atomic mass is 16.2. The molecule has 0 saturated carbocycles. The highest BCUT2D eigenvalue weighted by Gasteiger charge is 2.51. The first kappa shape index (κ1) is 15.6. The van der Waals surface area contributed by atoms with Gasteiger partial charge in [0.1, 0.15) is 5.82 Å². The van der Waals surface area contributed by atoms with E-state index in [1.165, 1.54) is 0 Å². The van der Waals surface area contributed by atoms with Crippen LogP contribution in [-0.2, 0) is 4.79 Å². The topological polar surface area (TPSA) is 71.9 Å². The molecular weight excluding hydrogens is 314 g/mol. The molecule has 2 aromatic heterocycles. The van der Waals surface area contributed by atoms with Gasteiger partial charge in [-0.2, -0.15) is 10.2 Å². The lowest BCUT2D eigenvalue weighted by Gasteiger charge is -2.26. The van der Waals surface area contributed by atoms with Gasteiger partial charge >= 0.3 is 0 Å². The Morgan fingerprint density at radius 1 is 1.16 bits per heavy atom. The van der Waals surface area contributed by atoms with Crippen molar-refractivity contribution in [2.75, 3.05) is 4.90 Å². The van der Waals surface area contributed by atoms with Gasteiger partial charge in [-0.25, -0.2) is 9.97 Å². The zero-order valence-electron chi connectivity index (χ0n) is 14.5. The SMILES string of the molecule is Cc1ncc(C2=CCC3C(=C2)N(c2ccnnc2)C(=O)C3(C)C)cn1. The number of amides is 1. The molecular formula is C19H19N5O. The Bertz CT molecular complexity index is 884. The zero-order valence-corrected chi connectivity index (χ0v) is 14.5. The molecule has 1 amide bonds. The van der Waals surface area contributed by atoms with Gasteiger partial charge in [-0.3, -0.25) is 9.69 Å². The molecule has 1 aliphatic carbocycles. The maximum absolute atomic E-state index is 13.1. The summed E-state index contributed by atoms with van der Waals surface area (Å²) in [6, 6.07) is 1.82. The molecule has 0 radical (unpaired) electrons. The van der Waals surface area contributed by atoms with Gasteiger partial charge in [0.15, 0.2) is 0 Å². The molecule has 25 heavy (non-hydrogen) atoms. The summed E-state index contributed by atoms with van der Waals surface area (Å²) in [6.45, 7) is 5.89. The normalized spacial score (nSPS) is 21.6. The minimum absolute atomic E-state index is 0.0894. The molecule has 1 aliphatic heterocycles. The molecule has 2 aliphatic rings. The number of allylic oxidation sites excluding steroid dienone is 4. The number of rotatable bonds is 2. The number of aryl methyl sites for hydroxylation is 1. The van der Waals surface area contributed by atoms with Crippen molar-refractivity contribution >= 4 is 17.2 Å². The average Bonchev–Trinajstić information content (AvgIpc) is 2.82. The van der Waals surface area contributed by atoms with E-state index in [2.05, 4.69) is 32.3 Å². The fourth-order valence-electron chi connectivity index (χ4n) is 3.55. The lowest BCUT2D eigenvalue weighted by molar-refractivity contribution is -0.125. The second-order valence-corrected chi connectivity index (χ2v) is 7.00. The molecule has 0 bridgehead atoms. The predicted octanol–water partition coefficient (Wildman–Crippen LogP) is 2.94. The molecule has 1 unspecified atom stereocenters. The number of carbonyl (C=O) groups is 1. The van der Waals surface area contributed by atoms with E-state index in [0.29, 0.717) is 0 Å². The minimum atomic E-state index is -0.457. The monoisotopic (exact) mass is 333 g/mol. The Hall–Kier alpha value is -2.89. The number of nitrogens with zero attached hydrogens (tertiary/aromatic N) is 5. The first-order chi connectivity index (χ1) is 12.0. The number of hydrogen-bond acceptors (Lipinski definition) is 5. The largest absolute Gasteiger partial charge is 0.282 e. The molecule has 0 spiro atoms. The van der Waals surface area contributed by atoms with Gasteiger partial charge in [0.25, 0.3) is 0 Å². The van der Waals surface area contributed by atoms with E-state index < -0.39 is 5.41 Å². The molecule has 6 nitrogen and oxygen atoms in total. The Morgan fingerprint density at radius 3 is 2.60 bits per heavy atom. The predicted molar refractivity (Wildman–Crippen MR) is 94.2 cm³/mol. The summed E-state index contributed by atoms with van der Waals surface area (Å²) in [6.07, 6.45) is 11.9. The summed E-state index contributed by atoms with van der Waals surface area (Å²) >= 11 is 0. The summed E-state index contributed by atoms with van der Waals surface area (Å²) < 4.78 is 0. The van der Waals surface area contributed by atoms with Crippen LogP contribution in [0.5, 0.6) is 0 Å². The molecule has 126 valence electrons. The molecule has 1 atom stereocenters. The Balaban J connectivity index is 1.80. The molecule has 0 N–H and O–H groups in total. The maximum Gasteiger partial charge on any atom is 0.237 e. The smallest absolute Gasteiger partial charge is 0.237 e. The molecule has 6 heteroatoms. The highest BCUT2D eigenvalue weighted by molar-refractivity contribution is 6.04. The summed E-state index contributed by atoms with van der Waals surface area (Å²) in [7, 11) is 0. The number of fused-ring (bicyclic) bond motifs is 1. The van der Waals surface area contributed by atoms with E-state index in [1.54, 1.807) is 17.3 Å². The van der Waals surface area contributed by atoms with Crippen molar-refractivity contribution in [3.63, 3.8) is 0 Å². The number of anilines is 1. The Morgan fingerprint density at radius 2 is 1.92 bits per heavy atom. The molecule has 0 aromatic carbocycles. The van der Waals surface area contributed by atoms with Gasteiger partial charge < -0.3 is 0 Å². The van der Waals surface area contributed by atoms with Crippen molar-refractivity contribution in [3.05, 3.63) is 60.1 Å².